The number of hydrogen-bond acceptors (Lipinski definition) is 4. The van der Waals surface area contributed by atoms with Crippen molar-refractivity contribution >= 4 is 23.4 Å². The molecule has 1 aromatic carbocycles. The Bertz CT molecular complexity index is 697. The number of nitrogens with one attached hydrogen (secondary N) is 1. The highest BCUT2D eigenvalue weighted by molar-refractivity contribution is 7.99. The number of amides is 1. The third kappa shape index (κ3) is 4.83. The number of hydrogen-bond donors (Lipinski definition) is 1. The largest absolute Gasteiger partial charge is 0.324 e. The minimum absolute atomic E-state index is 0.0878. The standard InChI is InChI=1S/C20H25N3OS/c1-15(2)23-13-10-16(11-14-23)19(24)22-18-9-6-12-21-20(18)25-17-7-4-3-5-8-17/h3-9,12,15-16H,10-11,13-14H2,1-2H3,(H,22,24). The number of benzene rings is 1. The quantitative estimate of drug-likeness (QED) is 0.869. The molecule has 0 atom stereocenters. The van der Waals surface area contributed by atoms with E-state index in [-0.39, 0.29) is 11.8 Å². The molecule has 132 valence electrons. The zero-order valence-corrected chi connectivity index (χ0v) is 15.6. The third-order valence-corrected chi connectivity index (χ3v) is 5.64. The number of rotatable bonds is 5. The molecule has 1 fully saturated rings. The van der Waals surface area contributed by atoms with Gasteiger partial charge in [-0.1, -0.05) is 30.0 Å². The fraction of sp³-hybridized carbons (Fsp3) is 0.400. The SMILES string of the molecule is CC(C)N1CCC(C(=O)Nc2cccnc2Sc2ccccc2)CC1. The van der Waals surface area contributed by atoms with E-state index in [4.69, 9.17) is 0 Å². The Morgan fingerprint density at radius 3 is 2.56 bits per heavy atom. The van der Waals surface area contributed by atoms with Crippen LogP contribution in [0, 0.1) is 5.92 Å². The van der Waals surface area contributed by atoms with Crippen LogP contribution >= 0.6 is 11.8 Å². The number of aromatic nitrogens is 1. The molecule has 0 radical (unpaired) electrons. The number of carbonyl (C=O) groups excluding carboxylic acids is 1. The summed E-state index contributed by atoms with van der Waals surface area (Å²) in [6.07, 6.45) is 3.61. The van der Waals surface area contributed by atoms with Crippen LogP contribution in [-0.2, 0) is 4.79 Å². The lowest BCUT2D eigenvalue weighted by molar-refractivity contribution is -0.121. The molecule has 2 aromatic rings. The van der Waals surface area contributed by atoms with Crippen molar-refractivity contribution in [2.24, 2.45) is 5.92 Å². The number of nitrogens with zero attached hydrogens (tertiary/aromatic N) is 2. The van der Waals surface area contributed by atoms with Crippen LogP contribution < -0.4 is 5.32 Å². The van der Waals surface area contributed by atoms with E-state index in [1.807, 2.05) is 42.5 Å². The molecule has 0 spiro atoms. The number of pyridine rings is 1. The maximum absolute atomic E-state index is 12.7. The van der Waals surface area contributed by atoms with Gasteiger partial charge in [-0.15, -0.1) is 0 Å². The molecule has 1 N–H and O–H groups in total. The van der Waals surface area contributed by atoms with Crippen LogP contribution in [0.15, 0.2) is 58.6 Å². The van der Waals surface area contributed by atoms with E-state index in [1.54, 1.807) is 18.0 Å². The highest BCUT2D eigenvalue weighted by atomic mass is 32.2. The first-order valence-corrected chi connectivity index (χ1v) is 9.68. The normalized spacial score (nSPS) is 16.1. The first-order valence-electron chi connectivity index (χ1n) is 8.86. The lowest BCUT2D eigenvalue weighted by atomic mass is 9.95. The summed E-state index contributed by atoms with van der Waals surface area (Å²) in [6, 6.07) is 14.5. The molecule has 5 heteroatoms. The van der Waals surface area contributed by atoms with Crippen LogP contribution in [0.2, 0.25) is 0 Å². The Morgan fingerprint density at radius 2 is 1.88 bits per heavy atom. The molecule has 1 amide bonds. The van der Waals surface area contributed by atoms with E-state index >= 15 is 0 Å². The lowest BCUT2D eigenvalue weighted by Crippen LogP contribution is -2.41. The maximum atomic E-state index is 12.7. The molecular weight excluding hydrogens is 330 g/mol. The van der Waals surface area contributed by atoms with Crippen LogP contribution in [-0.4, -0.2) is 34.9 Å². The van der Waals surface area contributed by atoms with E-state index in [0.717, 1.165) is 41.5 Å². The molecule has 1 saturated heterocycles. The summed E-state index contributed by atoms with van der Waals surface area (Å²) >= 11 is 1.57. The van der Waals surface area contributed by atoms with Crippen molar-refractivity contribution < 1.29 is 4.79 Å². The number of anilines is 1. The third-order valence-electron chi connectivity index (χ3n) is 4.62. The zero-order valence-electron chi connectivity index (χ0n) is 14.8. The average Bonchev–Trinajstić information content (AvgIpc) is 2.64. The van der Waals surface area contributed by atoms with E-state index in [1.165, 1.54) is 0 Å². The van der Waals surface area contributed by atoms with Crippen molar-refractivity contribution in [1.29, 1.82) is 0 Å². The Labute approximate surface area is 154 Å². The van der Waals surface area contributed by atoms with Crippen molar-refractivity contribution in [3.63, 3.8) is 0 Å². The Hall–Kier alpha value is -1.85. The molecule has 0 saturated carbocycles. The number of likely N-dealkylation sites (tertiary alicyclic amines) is 1. The number of carbonyl (C=O) groups is 1. The van der Waals surface area contributed by atoms with Crippen LogP contribution in [0.4, 0.5) is 5.69 Å². The van der Waals surface area contributed by atoms with Crippen LogP contribution in [0.1, 0.15) is 26.7 Å². The Balaban J connectivity index is 1.64. The summed E-state index contributed by atoms with van der Waals surface area (Å²) < 4.78 is 0. The van der Waals surface area contributed by atoms with Crippen LogP contribution in [0.25, 0.3) is 0 Å². The first-order chi connectivity index (χ1) is 12.1. The van der Waals surface area contributed by atoms with E-state index in [2.05, 4.69) is 29.0 Å². The highest BCUT2D eigenvalue weighted by Gasteiger charge is 2.26. The molecule has 0 bridgehead atoms. The summed E-state index contributed by atoms with van der Waals surface area (Å²) in [4.78, 5) is 20.7. The summed E-state index contributed by atoms with van der Waals surface area (Å²) in [5, 5.41) is 3.94. The predicted molar refractivity (Wildman–Crippen MR) is 103 cm³/mol. The van der Waals surface area contributed by atoms with Gasteiger partial charge in [0.25, 0.3) is 0 Å². The van der Waals surface area contributed by atoms with Crippen LogP contribution in [0.5, 0.6) is 0 Å². The lowest BCUT2D eigenvalue weighted by Gasteiger charge is -2.34. The van der Waals surface area contributed by atoms with Gasteiger partial charge in [0.1, 0.15) is 5.03 Å². The van der Waals surface area contributed by atoms with Crippen molar-refractivity contribution in [3.8, 4) is 0 Å². The second-order valence-corrected chi connectivity index (χ2v) is 7.73. The maximum Gasteiger partial charge on any atom is 0.227 e. The monoisotopic (exact) mass is 355 g/mol. The van der Waals surface area contributed by atoms with Gasteiger partial charge in [-0.3, -0.25) is 4.79 Å². The summed E-state index contributed by atoms with van der Waals surface area (Å²) in [5.41, 5.74) is 0.799. The molecular formula is C20H25N3OS. The van der Waals surface area contributed by atoms with E-state index in [9.17, 15) is 4.79 Å². The molecule has 2 heterocycles. The molecule has 1 aliphatic rings. The fourth-order valence-corrected chi connectivity index (χ4v) is 3.94. The van der Waals surface area contributed by atoms with Gasteiger partial charge in [0, 0.05) is 23.1 Å². The second-order valence-electron chi connectivity index (χ2n) is 6.66. The Kier molecular flexibility index (Phi) is 6.10. The Morgan fingerprint density at radius 1 is 1.16 bits per heavy atom. The number of piperidine rings is 1. The minimum Gasteiger partial charge on any atom is -0.324 e. The fourth-order valence-electron chi connectivity index (χ4n) is 3.08. The van der Waals surface area contributed by atoms with Gasteiger partial charge < -0.3 is 10.2 Å². The minimum atomic E-state index is 0.0878. The van der Waals surface area contributed by atoms with Gasteiger partial charge >= 0.3 is 0 Å². The van der Waals surface area contributed by atoms with E-state index in [0.29, 0.717) is 6.04 Å². The molecule has 1 aliphatic heterocycles. The smallest absolute Gasteiger partial charge is 0.227 e. The van der Waals surface area contributed by atoms with E-state index < -0.39 is 0 Å². The van der Waals surface area contributed by atoms with Gasteiger partial charge in [-0.05, 0) is 64.0 Å². The van der Waals surface area contributed by atoms with Crippen molar-refractivity contribution in [2.75, 3.05) is 18.4 Å². The highest BCUT2D eigenvalue weighted by Crippen LogP contribution is 2.32. The van der Waals surface area contributed by atoms with Gasteiger partial charge in [0.15, 0.2) is 0 Å². The summed E-state index contributed by atoms with van der Waals surface area (Å²) in [7, 11) is 0. The van der Waals surface area contributed by atoms with Gasteiger partial charge in [0.05, 0.1) is 5.69 Å². The second kappa shape index (κ2) is 8.50. The zero-order chi connectivity index (χ0) is 17.6. The van der Waals surface area contributed by atoms with Gasteiger partial charge in [-0.2, -0.15) is 0 Å². The van der Waals surface area contributed by atoms with Gasteiger partial charge in [0.2, 0.25) is 5.91 Å². The summed E-state index contributed by atoms with van der Waals surface area (Å²) in [5.74, 6) is 0.205. The van der Waals surface area contributed by atoms with Crippen molar-refractivity contribution in [2.45, 2.75) is 42.7 Å². The molecule has 3 rings (SSSR count). The van der Waals surface area contributed by atoms with Gasteiger partial charge in [-0.25, -0.2) is 4.98 Å². The summed E-state index contributed by atoms with van der Waals surface area (Å²) in [6.45, 7) is 6.41. The molecule has 4 nitrogen and oxygen atoms in total. The molecule has 1 aromatic heterocycles. The predicted octanol–water partition coefficient (Wildman–Crippen LogP) is 4.29. The first kappa shape index (κ1) is 18.0. The molecule has 25 heavy (non-hydrogen) atoms. The van der Waals surface area contributed by atoms with Crippen molar-refractivity contribution in [3.05, 3.63) is 48.7 Å². The average molecular weight is 356 g/mol. The van der Waals surface area contributed by atoms with Crippen molar-refractivity contribution in [1.82, 2.24) is 9.88 Å². The van der Waals surface area contributed by atoms with Crippen LogP contribution in [0.3, 0.4) is 0 Å². The molecule has 0 aliphatic carbocycles. The topological polar surface area (TPSA) is 45.2 Å². The molecule has 0 unspecified atom stereocenters.